The standard InChI is InChI=1S/C10H13N5O2/c16-9-5-12-8(4-13-9)10(17)14-3-7-1-2-11-6-15-7/h1-2,6,8,12H,3-5H2,(H,13,16)(H,14,17). The number of hydrogen-bond donors (Lipinski definition) is 3. The van der Waals surface area contributed by atoms with Crippen LogP contribution in [0.15, 0.2) is 18.6 Å². The van der Waals surface area contributed by atoms with Gasteiger partial charge in [0, 0.05) is 12.7 Å². The number of rotatable bonds is 3. The summed E-state index contributed by atoms with van der Waals surface area (Å²) in [5.41, 5.74) is 0.744. The van der Waals surface area contributed by atoms with Crippen LogP contribution in [0.5, 0.6) is 0 Å². The Labute approximate surface area is 98.0 Å². The van der Waals surface area contributed by atoms with E-state index in [2.05, 4.69) is 25.9 Å². The molecule has 1 fully saturated rings. The van der Waals surface area contributed by atoms with Gasteiger partial charge in [-0.25, -0.2) is 9.97 Å². The number of hydrogen-bond acceptors (Lipinski definition) is 5. The van der Waals surface area contributed by atoms with Gasteiger partial charge in [-0.3, -0.25) is 14.9 Å². The Bertz CT molecular complexity index is 398. The summed E-state index contributed by atoms with van der Waals surface area (Å²) in [5.74, 6) is -0.242. The molecule has 1 aromatic heterocycles. The van der Waals surface area contributed by atoms with E-state index in [9.17, 15) is 9.59 Å². The van der Waals surface area contributed by atoms with Gasteiger partial charge in [-0.1, -0.05) is 0 Å². The van der Waals surface area contributed by atoms with Crippen molar-refractivity contribution in [2.75, 3.05) is 13.1 Å². The van der Waals surface area contributed by atoms with Crippen LogP contribution in [0.25, 0.3) is 0 Å². The number of aromatic nitrogens is 2. The maximum absolute atomic E-state index is 11.7. The van der Waals surface area contributed by atoms with Gasteiger partial charge in [0.25, 0.3) is 0 Å². The van der Waals surface area contributed by atoms with Gasteiger partial charge in [-0.2, -0.15) is 0 Å². The molecule has 0 spiro atoms. The number of nitrogens with one attached hydrogen (secondary N) is 3. The monoisotopic (exact) mass is 235 g/mol. The average molecular weight is 235 g/mol. The quantitative estimate of drug-likeness (QED) is 0.573. The summed E-state index contributed by atoms with van der Waals surface area (Å²) in [6, 6.07) is 1.35. The molecule has 1 unspecified atom stereocenters. The molecule has 1 aliphatic heterocycles. The lowest BCUT2D eigenvalue weighted by Crippen LogP contribution is -2.57. The zero-order chi connectivity index (χ0) is 12.1. The summed E-state index contributed by atoms with van der Waals surface area (Å²) in [4.78, 5) is 30.4. The molecule has 17 heavy (non-hydrogen) atoms. The van der Waals surface area contributed by atoms with E-state index in [0.717, 1.165) is 5.69 Å². The Morgan fingerprint density at radius 1 is 1.59 bits per heavy atom. The predicted molar refractivity (Wildman–Crippen MR) is 58.7 cm³/mol. The van der Waals surface area contributed by atoms with Crippen molar-refractivity contribution >= 4 is 11.8 Å². The summed E-state index contributed by atoms with van der Waals surface area (Å²) in [6.07, 6.45) is 3.05. The van der Waals surface area contributed by atoms with E-state index < -0.39 is 0 Å². The van der Waals surface area contributed by atoms with E-state index in [4.69, 9.17) is 0 Å². The molecule has 0 radical (unpaired) electrons. The van der Waals surface area contributed by atoms with Crippen molar-refractivity contribution < 1.29 is 9.59 Å². The van der Waals surface area contributed by atoms with Crippen LogP contribution in [-0.4, -0.2) is 40.9 Å². The summed E-state index contributed by atoms with van der Waals surface area (Å²) in [6.45, 7) is 0.841. The zero-order valence-corrected chi connectivity index (χ0v) is 9.14. The molecule has 1 saturated heterocycles. The number of nitrogens with zero attached hydrogens (tertiary/aromatic N) is 2. The number of amides is 2. The Balaban J connectivity index is 1.80. The molecule has 2 amide bonds. The minimum atomic E-state index is -0.380. The second-order valence-corrected chi connectivity index (χ2v) is 3.66. The minimum absolute atomic E-state index is 0.0927. The second kappa shape index (κ2) is 5.35. The normalized spacial score (nSPS) is 19.5. The van der Waals surface area contributed by atoms with E-state index in [1.807, 2.05) is 0 Å². The van der Waals surface area contributed by atoms with Gasteiger partial charge in [-0.15, -0.1) is 0 Å². The van der Waals surface area contributed by atoms with Gasteiger partial charge in [0.2, 0.25) is 11.8 Å². The number of carbonyl (C=O) groups is 2. The zero-order valence-electron chi connectivity index (χ0n) is 9.14. The van der Waals surface area contributed by atoms with Gasteiger partial charge >= 0.3 is 0 Å². The van der Waals surface area contributed by atoms with Crippen molar-refractivity contribution in [2.45, 2.75) is 12.6 Å². The molecule has 7 heteroatoms. The van der Waals surface area contributed by atoms with E-state index in [1.165, 1.54) is 6.33 Å². The molecule has 0 saturated carbocycles. The molecule has 0 bridgehead atoms. The van der Waals surface area contributed by atoms with Crippen molar-refractivity contribution in [3.05, 3.63) is 24.3 Å². The highest BCUT2D eigenvalue weighted by atomic mass is 16.2. The highest BCUT2D eigenvalue weighted by molar-refractivity contribution is 5.86. The van der Waals surface area contributed by atoms with Gasteiger partial charge in [0.15, 0.2) is 0 Å². The second-order valence-electron chi connectivity index (χ2n) is 3.66. The topological polar surface area (TPSA) is 96.0 Å². The van der Waals surface area contributed by atoms with Crippen LogP contribution in [0.1, 0.15) is 5.69 Å². The fourth-order valence-corrected chi connectivity index (χ4v) is 1.48. The van der Waals surface area contributed by atoms with Crippen LogP contribution in [-0.2, 0) is 16.1 Å². The molecule has 0 aliphatic carbocycles. The Kier molecular flexibility index (Phi) is 3.61. The Morgan fingerprint density at radius 2 is 2.47 bits per heavy atom. The van der Waals surface area contributed by atoms with Gasteiger partial charge < -0.3 is 10.6 Å². The number of carbonyl (C=O) groups excluding carboxylic acids is 2. The first-order chi connectivity index (χ1) is 8.25. The Morgan fingerprint density at radius 3 is 3.12 bits per heavy atom. The lowest BCUT2D eigenvalue weighted by molar-refractivity contribution is -0.126. The van der Waals surface area contributed by atoms with Crippen molar-refractivity contribution in [3.8, 4) is 0 Å². The SMILES string of the molecule is O=C1CNC(C(=O)NCc2ccncn2)CN1. The van der Waals surface area contributed by atoms with Crippen molar-refractivity contribution in [2.24, 2.45) is 0 Å². The molecule has 1 aliphatic rings. The molecule has 7 nitrogen and oxygen atoms in total. The highest BCUT2D eigenvalue weighted by Gasteiger charge is 2.23. The molecule has 1 atom stereocenters. The predicted octanol–water partition coefficient (Wildman–Crippen LogP) is -1.82. The van der Waals surface area contributed by atoms with Crippen molar-refractivity contribution in [1.29, 1.82) is 0 Å². The summed E-state index contributed by atoms with van der Waals surface area (Å²) < 4.78 is 0. The van der Waals surface area contributed by atoms with Crippen molar-refractivity contribution in [1.82, 2.24) is 25.9 Å². The third-order valence-electron chi connectivity index (χ3n) is 2.42. The van der Waals surface area contributed by atoms with Crippen molar-refractivity contribution in [3.63, 3.8) is 0 Å². The van der Waals surface area contributed by atoms with Crippen LogP contribution in [0, 0.1) is 0 Å². The van der Waals surface area contributed by atoms with Gasteiger partial charge in [0.1, 0.15) is 12.4 Å². The highest BCUT2D eigenvalue weighted by Crippen LogP contribution is 1.92. The average Bonchev–Trinajstić information content (AvgIpc) is 2.38. The molecular weight excluding hydrogens is 222 g/mol. The molecule has 1 aromatic rings. The molecule has 2 heterocycles. The summed E-state index contributed by atoms with van der Waals surface area (Å²) in [7, 11) is 0. The maximum Gasteiger partial charge on any atom is 0.239 e. The first-order valence-corrected chi connectivity index (χ1v) is 5.28. The lowest BCUT2D eigenvalue weighted by Gasteiger charge is -2.22. The third-order valence-corrected chi connectivity index (χ3v) is 2.42. The molecule has 3 N–H and O–H groups in total. The molecule has 0 aromatic carbocycles. The molecule has 90 valence electrons. The largest absolute Gasteiger partial charge is 0.353 e. The van der Waals surface area contributed by atoms with E-state index in [0.29, 0.717) is 13.1 Å². The van der Waals surface area contributed by atoms with Crippen LogP contribution in [0.3, 0.4) is 0 Å². The van der Waals surface area contributed by atoms with Crippen LogP contribution in [0.2, 0.25) is 0 Å². The minimum Gasteiger partial charge on any atom is -0.353 e. The van der Waals surface area contributed by atoms with E-state index >= 15 is 0 Å². The Hall–Kier alpha value is -2.02. The molecule has 2 rings (SSSR count). The van der Waals surface area contributed by atoms with E-state index in [-0.39, 0.29) is 24.4 Å². The summed E-state index contributed by atoms with van der Waals surface area (Å²) >= 11 is 0. The van der Waals surface area contributed by atoms with Gasteiger partial charge in [0.05, 0.1) is 18.8 Å². The van der Waals surface area contributed by atoms with Crippen LogP contribution < -0.4 is 16.0 Å². The number of piperazine rings is 1. The van der Waals surface area contributed by atoms with E-state index in [1.54, 1.807) is 12.3 Å². The smallest absolute Gasteiger partial charge is 0.239 e. The summed E-state index contributed by atoms with van der Waals surface area (Å²) in [5, 5.41) is 8.21. The van der Waals surface area contributed by atoms with Crippen LogP contribution in [0.4, 0.5) is 0 Å². The fraction of sp³-hybridized carbons (Fsp3) is 0.400. The van der Waals surface area contributed by atoms with Gasteiger partial charge in [-0.05, 0) is 6.07 Å². The lowest BCUT2D eigenvalue weighted by atomic mass is 10.2. The molecular formula is C10H13N5O2. The third kappa shape index (κ3) is 3.22. The first-order valence-electron chi connectivity index (χ1n) is 5.28. The maximum atomic E-state index is 11.7. The first kappa shape index (κ1) is 11.5. The fourth-order valence-electron chi connectivity index (χ4n) is 1.48. The van der Waals surface area contributed by atoms with Crippen LogP contribution >= 0.6 is 0 Å².